The topological polar surface area (TPSA) is 228 Å². The van der Waals surface area contributed by atoms with Crippen molar-refractivity contribution in [3.05, 3.63) is 95.6 Å². The lowest BCUT2D eigenvalue weighted by molar-refractivity contribution is -0.148. The lowest BCUT2D eigenvalue weighted by Crippen LogP contribution is -2.60. The molecule has 0 spiro atoms. The van der Waals surface area contributed by atoms with E-state index in [4.69, 9.17) is 14.2 Å². The van der Waals surface area contributed by atoms with Crippen LogP contribution in [0.4, 0.5) is 4.79 Å². The molecule has 0 aromatic heterocycles. The second-order valence-corrected chi connectivity index (χ2v) is 25.3. The maximum absolute atomic E-state index is 14.8. The van der Waals surface area contributed by atoms with Gasteiger partial charge in [-0.2, -0.15) is 0 Å². The molecule has 1 aliphatic carbocycles. The summed E-state index contributed by atoms with van der Waals surface area (Å²) >= 11 is 1.45. The summed E-state index contributed by atoms with van der Waals surface area (Å²) < 4.78 is 18.2. The van der Waals surface area contributed by atoms with Crippen LogP contribution in [0.25, 0.3) is 11.1 Å². The SMILES string of the molecule is CCC(C)C(C(CC(=O)N1CCC[C@H]1C(OC)C(C)C(=O)NC(C)C(O)c1ccccc1)OC)N(C)C(=O)C(NC(=O)C(C(C)C)N(C)CCSCNC(=O)C(C)NC(=O)C(C(C)C)N(C)C(=O)OC1c2ccccc2-c2ccccc21)C(C)C. The number of likely N-dealkylation sites (tertiary alicyclic amines) is 1. The summed E-state index contributed by atoms with van der Waals surface area (Å²) in [7, 11) is 8.18. The van der Waals surface area contributed by atoms with Gasteiger partial charge in [0.25, 0.3) is 0 Å². The molecule has 85 heavy (non-hydrogen) atoms. The van der Waals surface area contributed by atoms with E-state index in [1.54, 1.807) is 51.8 Å². The normalized spacial score (nSPS) is 18.0. The molecule has 1 saturated heterocycles. The first-order chi connectivity index (χ1) is 40.3. The Kier molecular flexibility index (Phi) is 26.7. The van der Waals surface area contributed by atoms with Gasteiger partial charge in [0.15, 0.2) is 6.10 Å². The van der Waals surface area contributed by atoms with E-state index in [2.05, 4.69) is 21.3 Å². The second-order valence-electron chi connectivity index (χ2n) is 24.2. The van der Waals surface area contributed by atoms with Crippen molar-refractivity contribution in [1.29, 1.82) is 0 Å². The molecule has 1 aliphatic heterocycles. The smallest absolute Gasteiger partial charge is 0.411 e. The van der Waals surface area contributed by atoms with Gasteiger partial charge in [-0.15, -0.1) is 11.8 Å². The summed E-state index contributed by atoms with van der Waals surface area (Å²) in [5.41, 5.74) is 4.42. The van der Waals surface area contributed by atoms with Crippen LogP contribution in [0.1, 0.15) is 131 Å². The minimum Gasteiger partial charge on any atom is -0.436 e. The Labute approximate surface area is 509 Å². The van der Waals surface area contributed by atoms with Crippen LogP contribution < -0.4 is 21.3 Å². The highest BCUT2D eigenvalue weighted by Gasteiger charge is 2.44. The van der Waals surface area contributed by atoms with Crippen LogP contribution in [0.2, 0.25) is 0 Å². The van der Waals surface area contributed by atoms with E-state index in [1.807, 2.05) is 146 Å². The number of carbonyl (C=O) groups is 7. The number of rotatable bonds is 31. The number of carbonyl (C=O) groups excluding carboxylic acids is 7. The van der Waals surface area contributed by atoms with Crippen LogP contribution in [-0.4, -0.2) is 181 Å². The average molecular weight is 1200 g/mol. The van der Waals surface area contributed by atoms with E-state index >= 15 is 0 Å². The third-order valence-electron chi connectivity index (χ3n) is 17.1. The van der Waals surface area contributed by atoms with Crippen molar-refractivity contribution in [1.82, 2.24) is 40.9 Å². The molecule has 1 fully saturated rings. The molecule has 2 aliphatic rings. The van der Waals surface area contributed by atoms with Gasteiger partial charge in [0.05, 0.1) is 60.7 Å². The number of fused-ring (bicyclic) bond motifs is 3. The highest BCUT2D eigenvalue weighted by atomic mass is 32.2. The van der Waals surface area contributed by atoms with Gasteiger partial charge in [-0.1, -0.05) is 148 Å². The standard InChI is InChI=1S/C65H98N8O11S/c1-17-41(8)56(51(82-15)36-52(74)73-33-25-32-50(73)58(83-16)42(9)60(76)67-43(10)57(75)45-26-19-18-20-27-45)71(13)64(80)53(38(2)3)69-62(78)54(39(4)5)70(12)34-35-85-37-66-61(77)44(11)68-63(79)55(40(6)7)72(14)65(81)84-59-48-30-23-21-28-46(48)47-29-22-24-31-49(47)59/h18-24,26-31,38-44,50-51,53-59,75H,17,25,32-37H2,1-16H3,(H,66,77)(H,67,76)(H,68,79)(H,69,78)/t41?,42?,43?,44?,50-,51?,53?,54?,55?,56?,57?,58?/m0/s1. The zero-order valence-electron chi connectivity index (χ0n) is 53.1. The predicted molar refractivity (Wildman–Crippen MR) is 333 cm³/mol. The molecule has 0 bridgehead atoms. The maximum Gasteiger partial charge on any atom is 0.411 e. The Morgan fingerprint density at radius 2 is 1.27 bits per heavy atom. The number of hydrogen-bond donors (Lipinski definition) is 5. The van der Waals surface area contributed by atoms with Crippen molar-refractivity contribution < 1.29 is 52.9 Å². The third kappa shape index (κ3) is 17.6. The van der Waals surface area contributed by atoms with E-state index in [-0.39, 0.29) is 59.6 Å². The number of nitrogens with zero attached hydrogens (tertiary/aromatic N) is 4. The molecule has 3 aromatic rings. The summed E-state index contributed by atoms with van der Waals surface area (Å²) in [5, 5.41) is 22.7. The van der Waals surface area contributed by atoms with Crippen molar-refractivity contribution in [3.63, 3.8) is 0 Å². The van der Waals surface area contributed by atoms with Crippen LogP contribution in [-0.2, 0) is 43.0 Å². The molecule has 5 rings (SSSR count). The lowest BCUT2D eigenvalue weighted by atomic mass is 9.89. The van der Waals surface area contributed by atoms with Gasteiger partial charge in [-0.3, -0.25) is 38.6 Å². The number of nitrogens with one attached hydrogen (secondary N) is 4. The zero-order chi connectivity index (χ0) is 63.0. The average Bonchev–Trinajstić information content (AvgIpc) is 1.98. The van der Waals surface area contributed by atoms with Gasteiger partial charge in [0, 0.05) is 58.3 Å². The molecular formula is C65H98N8O11S. The first-order valence-corrected chi connectivity index (χ1v) is 31.4. The van der Waals surface area contributed by atoms with Gasteiger partial charge in [0.1, 0.15) is 18.1 Å². The minimum absolute atomic E-state index is 0.0310. The largest absolute Gasteiger partial charge is 0.436 e. The van der Waals surface area contributed by atoms with Gasteiger partial charge < -0.3 is 50.4 Å². The number of hydrogen-bond acceptors (Lipinski definition) is 13. The number of likely N-dealkylation sites (N-methyl/N-ethyl adjacent to an activating group) is 3. The Morgan fingerprint density at radius 1 is 0.694 bits per heavy atom. The van der Waals surface area contributed by atoms with E-state index in [1.165, 1.54) is 23.7 Å². The van der Waals surface area contributed by atoms with Crippen molar-refractivity contribution in [2.75, 3.05) is 60.1 Å². The van der Waals surface area contributed by atoms with E-state index in [9.17, 15) is 38.7 Å². The van der Waals surface area contributed by atoms with Crippen LogP contribution in [0, 0.1) is 29.6 Å². The fraction of sp³-hybridized carbons (Fsp3) is 0.615. The van der Waals surface area contributed by atoms with Crippen molar-refractivity contribution in [2.45, 2.75) is 169 Å². The van der Waals surface area contributed by atoms with Crippen molar-refractivity contribution in [3.8, 4) is 11.1 Å². The van der Waals surface area contributed by atoms with Crippen LogP contribution >= 0.6 is 11.8 Å². The Balaban J connectivity index is 1.13. The molecule has 0 radical (unpaired) electrons. The molecule has 11 unspecified atom stereocenters. The summed E-state index contributed by atoms with van der Waals surface area (Å²) in [6.07, 6.45) is -1.54. The van der Waals surface area contributed by atoms with E-state index in [0.717, 1.165) is 28.7 Å². The van der Waals surface area contributed by atoms with E-state index < -0.39 is 90.5 Å². The predicted octanol–water partition coefficient (Wildman–Crippen LogP) is 7.42. The first kappa shape index (κ1) is 69.7. The summed E-state index contributed by atoms with van der Waals surface area (Å²) in [6, 6.07) is 19.9. The van der Waals surface area contributed by atoms with Crippen molar-refractivity contribution >= 4 is 53.3 Å². The monoisotopic (exact) mass is 1200 g/mol. The maximum atomic E-state index is 14.8. The third-order valence-corrected chi connectivity index (χ3v) is 18.0. The van der Waals surface area contributed by atoms with Crippen molar-refractivity contribution in [2.24, 2.45) is 29.6 Å². The van der Waals surface area contributed by atoms with Gasteiger partial charge in [-0.05, 0) is 74.1 Å². The second kappa shape index (κ2) is 32.6. The number of ether oxygens (including phenoxy) is 3. The fourth-order valence-corrected chi connectivity index (χ4v) is 13.0. The van der Waals surface area contributed by atoms with Crippen LogP contribution in [0.3, 0.4) is 0 Å². The first-order valence-electron chi connectivity index (χ1n) is 30.2. The Hall–Kier alpha value is -6.06. The molecular weight excluding hydrogens is 1100 g/mol. The van der Waals surface area contributed by atoms with Crippen LogP contribution in [0.5, 0.6) is 0 Å². The highest BCUT2D eigenvalue weighted by molar-refractivity contribution is 7.99. The molecule has 19 nitrogen and oxygen atoms in total. The molecule has 1 heterocycles. The summed E-state index contributed by atoms with van der Waals surface area (Å²) in [5.74, 6) is -2.67. The summed E-state index contributed by atoms with van der Waals surface area (Å²) in [4.78, 5) is 105. The number of amides is 7. The summed E-state index contributed by atoms with van der Waals surface area (Å²) in [6.45, 7) is 21.4. The number of aliphatic hydroxyl groups excluding tert-OH is 1. The number of aliphatic hydroxyl groups is 1. The molecule has 12 atom stereocenters. The molecule has 3 aromatic carbocycles. The number of benzene rings is 3. The fourth-order valence-electron chi connectivity index (χ4n) is 12.2. The Morgan fingerprint density at radius 3 is 1.82 bits per heavy atom. The molecule has 0 saturated carbocycles. The molecule has 5 N–H and O–H groups in total. The Bertz CT molecular complexity index is 2650. The van der Waals surface area contributed by atoms with Gasteiger partial charge in [0.2, 0.25) is 35.4 Å². The minimum atomic E-state index is -0.921. The van der Waals surface area contributed by atoms with Gasteiger partial charge >= 0.3 is 6.09 Å². The number of methoxy groups -OCH3 is 2. The van der Waals surface area contributed by atoms with E-state index in [0.29, 0.717) is 37.2 Å². The molecule has 470 valence electrons. The molecule has 20 heteroatoms. The van der Waals surface area contributed by atoms with Gasteiger partial charge in [-0.25, -0.2) is 4.79 Å². The number of thioether (sulfide) groups is 1. The molecule has 7 amide bonds. The quantitative estimate of drug-likeness (QED) is 0.0313. The van der Waals surface area contributed by atoms with Crippen LogP contribution in [0.15, 0.2) is 78.9 Å². The highest BCUT2D eigenvalue weighted by Crippen LogP contribution is 2.45. The lowest BCUT2D eigenvalue weighted by Gasteiger charge is -2.41. The zero-order valence-corrected chi connectivity index (χ0v) is 53.9.